The second kappa shape index (κ2) is 8.24. The highest BCUT2D eigenvalue weighted by atomic mass is 32.1. The first-order valence-corrected chi connectivity index (χ1v) is 9.22. The molecule has 0 saturated heterocycles. The minimum atomic E-state index is -1.06. The number of rotatable bonds is 9. The van der Waals surface area contributed by atoms with E-state index in [-0.39, 0.29) is 16.5 Å². The van der Waals surface area contributed by atoms with Crippen LogP contribution in [0.3, 0.4) is 0 Å². The smallest absolute Gasteiger partial charge is 0.337 e. The van der Waals surface area contributed by atoms with Gasteiger partial charge in [-0.15, -0.1) is 11.3 Å². The molecule has 0 spiro atoms. The molecule has 2 heterocycles. The van der Waals surface area contributed by atoms with Gasteiger partial charge < -0.3 is 5.11 Å². The van der Waals surface area contributed by atoms with Gasteiger partial charge in [0.25, 0.3) is 5.56 Å². The number of thiophene rings is 1. The largest absolute Gasteiger partial charge is 0.478 e. The van der Waals surface area contributed by atoms with Crippen molar-refractivity contribution in [3.8, 4) is 0 Å². The van der Waals surface area contributed by atoms with Crippen LogP contribution in [0.5, 0.6) is 0 Å². The van der Waals surface area contributed by atoms with Crippen LogP contribution in [0.4, 0.5) is 0 Å². The minimum Gasteiger partial charge on any atom is -0.478 e. The molecule has 126 valence electrons. The number of aryl methyl sites for hydroxylation is 1. The van der Waals surface area contributed by atoms with Gasteiger partial charge in [0.15, 0.2) is 0 Å². The van der Waals surface area contributed by atoms with Crippen LogP contribution >= 0.6 is 11.3 Å². The first kappa shape index (κ1) is 17.7. The van der Waals surface area contributed by atoms with Gasteiger partial charge in [-0.05, 0) is 12.8 Å². The van der Waals surface area contributed by atoms with Crippen molar-refractivity contribution in [1.29, 1.82) is 0 Å². The molecule has 0 unspecified atom stereocenters. The van der Waals surface area contributed by atoms with Crippen molar-refractivity contribution < 1.29 is 9.90 Å². The van der Waals surface area contributed by atoms with Gasteiger partial charge in [-0.2, -0.15) is 0 Å². The van der Waals surface area contributed by atoms with E-state index >= 15 is 0 Å². The van der Waals surface area contributed by atoms with Crippen LogP contribution in [0.25, 0.3) is 10.2 Å². The Morgan fingerprint density at radius 3 is 2.61 bits per heavy atom. The Bertz CT molecular complexity index is 733. The van der Waals surface area contributed by atoms with Crippen molar-refractivity contribution in [1.82, 2.24) is 9.55 Å². The van der Waals surface area contributed by atoms with E-state index in [1.807, 2.05) is 0 Å². The molecule has 0 aliphatic carbocycles. The average Bonchev–Trinajstić information content (AvgIpc) is 2.94. The zero-order valence-corrected chi connectivity index (χ0v) is 14.6. The molecule has 2 rings (SSSR count). The fraction of sp³-hybridized carbons (Fsp3) is 0.588. The maximum Gasteiger partial charge on any atom is 0.337 e. The summed E-state index contributed by atoms with van der Waals surface area (Å²) in [6, 6.07) is 0. The van der Waals surface area contributed by atoms with Crippen molar-refractivity contribution in [2.45, 2.75) is 65.3 Å². The van der Waals surface area contributed by atoms with E-state index in [0.717, 1.165) is 31.5 Å². The second-order valence-corrected chi connectivity index (χ2v) is 6.64. The average molecular weight is 336 g/mol. The summed E-state index contributed by atoms with van der Waals surface area (Å²) in [5.41, 5.74) is -0.127. The van der Waals surface area contributed by atoms with Crippen LogP contribution < -0.4 is 5.56 Å². The highest BCUT2D eigenvalue weighted by Gasteiger charge is 2.19. The van der Waals surface area contributed by atoms with E-state index < -0.39 is 5.97 Å². The Morgan fingerprint density at radius 1 is 1.22 bits per heavy atom. The van der Waals surface area contributed by atoms with Crippen molar-refractivity contribution >= 4 is 27.5 Å². The molecule has 0 saturated carbocycles. The molecule has 23 heavy (non-hydrogen) atoms. The minimum absolute atomic E-state index is 0.0743. The summed E-state index contributed by atoms with van der Waals surface area (Å²) in [5, 5.41) is 11.0. The lowest BCUT2D eigenvalue weighted by Crippen LogP contribution is -2.26. The van der Waals surface area contributed by atoms with Crippen LogP contribution in [0.2, 0.25) is 0 Å². The number of aromatic nitrogens is 2. The number of hydrogen-bond donors (Lipinski definition) is 1. The molecule has 0 radical (unpaired) electrons. The summed E-state index contributed by atoms with van der Waals surface area (Å²) in [5.74, 6) is -0.285. The number of aromatic carboxylic acids is 1. The lowest BCUT2D eigenvalue weighted by molar-refractivity contribution is 0.0699. The molecule has 0 bridgehead atoms. The molecule has 0 aromatic carbocycles. The number of unbranched alkanes of at least 4 members (excludes halogenated alkanes) is 4. The molecule has 6 heteroatoms. The molecule has 0 amide bonds. The summed E-state index contributed by atoms with van der Waals surface area (Å²) in [7, 11) is 0. The van der Waals surface area contributed by atoms with E-state index in [9.17, 15) is 14.7 Å². The van der Waals surface area contributed by atoms with Crippen LogP contribution in [-0.2, 0) is 13.0 Å². The summed E-state index contributed by atoms with van der Waals surface area (Å²) in [4.78, 5) is 29.2. The first-order valence-electron chi connectivity index (χ1n) is 8.34. The molecule has 0 atom stereocenters. The van der Waals surface area contributed by atoms with Gasteiger partial charge in [-0.25, -0.2) is 9.78 Å². The predicted molar refractivity (Wildman–Crippen MR) is 93.6 cm³/mol. The third kappa shape index (κ3) is 3.99. The quantitative estimate of drug-likeness (QED) is 0.700. The van der Waals surface area contributed by atoms with Crippen molar-refractivity contribution in [2.24, 2.45) is 0 Å². The van der Waals surface area contributed by atoms with Gasteiger partial charge in [0.1, 0.15) is 10.7 Å². The Hall–Kier alpha value is -1.69. The monoisotopic (exact) mass is 336 g/mol. The topological polar surface area (TPSA) is 72.2 Å². The number of carboxylic acids is 1. The van der Waals surface area contributed by atoms with E-state index in [1.165, 1.54) is 36.0 Å². The number of nitrogens with zero attached hydrogens (tertiary/aromatic N) is 2. The van der Waals surface area contributed by atoms with E-state index in [4.69, 9.17) is 0 Å². The van der Waals surface area contributed by atoms with Gasteiger partial charge in [0.2, 0.25) is 0 Å². The van der Waals surface area contributed by atoms with Gasteiger partial charge >= 0.3 is 5.97 Å². The van der Waals surface area contributed by atoms with Crippen LogP contribution in [0.15, 0.2) is 10.2 Å². The second-order valence-electron chi connectivity index (χ2n) is 5.78. The Labute approximate surface area is 140 Å². The molecule has 5 nitrogen and oxygen atoms in total. The lowest BCUT2D eigenvalue weighted by Gasteiger charge is -2.12. The molecule has 0 aliphatic heterocycles. The van der Waals surface area contributed by atoms with E-state index in [0.29, 0.717) is 11.4 Å². The number of carbonyl (C=O) groups is 1. The van der Waals surface area contributed by atoms with Gasteiger partial charge in [0.05, 0.1) is 10.9 Å². The molecule has 0 aliphatic rings. The fourth-order valence-corrected chi connectivity index (χ4v) is 3.66. The Balaban J connectivity index is 2.36. The lowest BCUT2D eigenvalue weighted by atomic mass is 10.1. The molecule has 2 aromatic rings. The van der Waals surface area contributed by atoms with Crippen LogP contribution in [0, 0.1) is 0 Å². The van der Waals surface area contributed by atoms with Crippen LogP contribution in [0.1, 0.15) is 68.6 Å². The number of fused-ring (bicyclic) bond motifs is 1. The van der Waals surface area contributed by atoms with Crippen molar-refractivity contribution in [3.63, 3.8) is 0 Å². The van der Waals surface area contributed by atoms with Crippen molar-refractivity contribution in [3.05, 3.63) is 27.1 Å². The van der Waals surface area contributed by atoms with Crippen molar-refractivity contribution in [2.75, 3.05) is 0 Å². The summed E-state index contributed by atoms with van der Waals surface area (Å²) in [6.07, 6.45) is 7.22. The normalized spacial score (nSPS) is 11.2. The fourth-order valence-electron chi connectivity index (χ4n) is 2.74. The third-order valence-corrected chi connectivity index (χ3v) is 4.83. The maximum atomic E-state index is 12.8. The zero-order chi connectivity index (χ0) is 16.8. The third-order valence-electron chi connectivity index (χ3n) is 3.96. The molecular weight excluding hydrogens is 312 g/mol. The molecule has 1 N–H and O–H groups in total. The van der Waals surface area contributed by atoms with Gasteiger partial charge in [0, 0.05) is 18.3 Å². The maximum absolute atomic E-state index is 12.8. The van der Waals surface area contributed by atoms with E-state index in [2.05, 4.69) is 18.8 Å². The summed E-state index contributed by atoms with van der Waals surface area (Å²) in [6.45, 7) is 4.85. The van der Waals surface area contributed by atoms with Crippen LogP contribution in [-0.4, -0.2) is 20.6 Å². The molecule has 0 fully saturated rings. The Kier molecular flexibility index (Phi) is 6.33. The van der Waals surface area contributed by atoms with E-state index in [1.54, 1.807) is 4.57 Å². The number of hydrogen-bond acceptors (Lipinski definition) is 4. The Morgan fingerprint density at radius 2 is 1.96 bits per heavy atom. The first-order chi connectivity index (χ1) is 11.1. The standard InChI is InChI=1S/C17H24N2O3S/c1-3-5-6-7-8-10-19-13(9-4-2)18-15-14(16(19)20)12(11-23-15)17(21)22/h11H,3-10H2,1-2H3,(H,21,22). The van der Waals surface area contributed by atoms with Gasteiger partial charge in [-0.3, -0.25) is 9.36 Å². The van der Waals surface area contributed by atoms with Gasteiger partial charge in [-0.1, -0.05) is 39.5 Å². The molecular formula is C17H24N2O3S. The highest BCUT2D eigenvalue weighted by Crippen LogP contribution is 2.22. The summed E-state index contributed by atoms with van der Waals surface area (Å²) >= 11 is 1.23. The predicted octanol–water partition coefficient (Wildman–Crippen LogP) is 4.08. The molecule has 2 aromatic heterocycles. The SMILES string of the molecule is CCCCCCCn1c(CCC)nc2scc(C(=O)O)c2c1=O. The zero-order valence-electron chi connectivity index (χ0n) is 13.8. The summed E-state index contributed by atoms with van der Waals surface area (Å²) < 4.78 is 1.69. The number of carboxylic acid groups (broad SMARTS) is 1. The highest BCUT2D eigenvalue weighted by molar-refractivity contribution is 7.17.